The summed E-state index contributed by atoms with van der Waals surface area (Å²) in [4.78, 5) is 8.51. The lowest BCUT2D eigenvalue weighted by Crippen LogP contribution is -2.21. The highest BCUT2D eigenvalue weighted by Crippen LogP contribution is 2.24. The zero-order chi connectivity index (χ0) is 12.4. The summed E-state index contributed by atoms with van der Waals surface area (Å²) in [6, 6.07) is 12.6. The lowest BCUT2D eigenvalue weighted by atomic mass is 10.1. The van der Waals surface area contributed by atoms with Crippen molar-refractivity contribution in [2.45, 2.75) is 0 Å². The van der Waals surface area contributed by atoms with E-state index in [-0.39, 0.29) is 0 Å². The molecular formula is C15H15N3. The van der Waals surface area contributed by atoms with Crippen LogP contribution in [0.2, 0.25) is 0 Å². The Morgan fingerprint density at radius 3 is 2.44 bits per heavy atom. The molecule has 1 aromatic heterocycles. The van der Waals surface area contributed by atoms with Crippen molar-refractivity contribution in [1.29, 1.82) is 0 Å². The van der Waals surface area contributed by atoms with Gasteiger partial charge in [0.05, 0.1) is 6.67 Å². The smallest absolute Gasteiger partial charge is 0.0938 e. The van der Waals surface area contributed by atoms with Crippen LogP contribution in [0, 0.1) is 0 Å². The summed E-state index contributed by atoms with van der Waals surface area (Å²) in [6.07, 6.45) is 7.86. The summed E-state index contributed by atoms with van der Waals surface area (Å²) in [5.74, 6) is 0. The topological polar surface area (TPSA) is 19.4 Å². The summed E-state index contributed by atoms with van der Waals surface area (Å²) in [5, 5.41) is 0. The first kappa shape index (κ1) is 10.8. The van der Waals surface area contributed by atoms with Gasteiger partial charge in [-0.2, -0.15) is 0 Å². The van der Waals surface area contributed by atoms with Crippen molar-refractivity contribution in [1.82, 2.24) is 9.88 Å². The molecule has 90 valence electrons. The number of nitrogens with zero attached hydrogens (tertiary/aromatic N) is 3. The number of rotatable bonds is 2. The van der Waals surface area contributed by atoms with E-state index in [2.05, 4.69) is 64.6 Å². The SMILES string of the molecule is CN1C=CN(c2ccc(-c3cccnc3)cc2)C1. The molecule has 3 nitrogen and oxygen atoms in total. The van der Waals surface area contributed by atoms with Crippen LogP contribution in [0.1, 0.15) is 0 Å². The molecule has 0 radical (unpaired) electrons. The quantitative estimate of drug-likeness (QED) is 0.800. The summed E-state index contributed by atoms with van der Waals surface area (Å²) >= 11 is 0. The van der Waals surface area contributed by atoms with Gasteiger partial charge >= 0.3 is 0 Å². The molecule has 0 atom stereocenters. The number of pyridine rings is 1. The van der Waals surface area contributed by atoms with Crippen LogP contribution < -0.4 is 4.90 Å². The third-order valence-electron chi connectivity index (χ3n) is 3.07. The highest BCUT2D eigenvalue weighted by atomic mass is 15.3. The maximum atomic E-state index is 4.14. The Morgan fingerprint density at radius 1 is 1.00 bits per heavy atom. The van der Waals surface area contributed by atoms with Gasteiger partial charge in [-0.05, 0) is 29.3 Å². The lowest BCUT2D eigenvalue weighted by Gasteiger charge is -2.18. The molecule has 0 bridgehead atoms. The second kappa shape index (κ2) is 4.53. The maximum Gasteiger partial charge on any atom is 0.0938 e. The van der Waals surface area contributed by atoms with Gasteiger partial charge in [-0.25, -0.2) is 0 Å². The Kier molecular flexibility index (Phi) is 2.73. The summed E-state index contributed by atoms with van der Waals surface area (Å²) < 4.78 is 0. The molecule has 1 aliphatic heterocycles. The molecule has 0 spiro atoms. The molecule has 2 heterocycles. The van der Waals surface area contributed by atoms with E-state index in [4.69, 9.17) is 0 Å². The minimum atomic E-state index is 0.909. The van der Waals surface area contributed by atoms with Gasteiger partial charge in [0.15, 0.2) is 0 Å². The van der Waals surface area contributed by atoms with Crippen LogP contribution in [-0.4, -0.2) is 23.6 Å². The van der Waals surface area contributed by atoms with Gasteiger partial charge in [-0.1, -0.05) is 18.2 Å². The van der Waals surface area contributed by atoms with E-state index in [0.717, 1.165) is 12.2 Å². The monoisotopic (exact) mass is 237 g/mol. The van der Waals surface area contributed by atoms with Crippen LogP contribution in [0.3, 0.4) is 0 Å². The fourth-order valence-corrected chi connectivity index (χ4v) is 2.08. The van der Waals surface area contributed by atoms with Gasteiger partial charge in [-0.15, -0.1) is 0 Å². The Hall–Kier alpha value is -2.29. The molecule has 0 amide bonds. The average Bonchev–Trinajstić information content (AvgIpc) is 2.87. The normalized spacial score (nSPS) is 14.3. The Morgan fingerprint density at radius 2 is 1.83 bits per heavy atom. The minimum absolute atomic E-state index is 0.909. The first-order valence-electron chi connectivity index (χ1n) is 5.98. The molecule has 0 saturated heterocycles. The van der Waals surface area contributed by atoms with Crippen molar-refractivity contribution in [2.24, 2.45) is 0 Å². The Bertz CT molecular complexity index is 546. The van der Waals surface area contributed by atoms with Crippen molar-refractivity contribution >= 4 is 5.69 Å². The number of hydrogen-bond donors (Lipinski definition) is 0. The predicted molar refractivity (Wildman–Crippen MR) is 73.9 cm³/mol. The molecule has 3 rings (SSSR count). The van der Waals surface area contributed by atoms with Gasteiger partial charge in [-0.3, -0.25) is 4.98 Å². The zero-order valence-electron chi connectivity index (χ0n) is 10.3. The van der Waals surface area contributed by atoms with Crippen LogP contribution >= 0.6 is 0 Å². The zero-order valence-corrected chi connectivity index (χ0v) is 10.3. The summed E-state index contributed by atoms with van der Waals surface area (Å²) in [6.45, 7) is 0.909. The fourth-order valence-electron chi connectivity index (χ4n) is 2.08. The molecular weight excluding hydrogens is 222 g/mol. The second-order valence-corrected chi connectivity index (χ2v) is 4.45. The minimum Gasteiger partial charge on any atom is -0.361 e. The van der Waals surface area contributed by atoms with Crippen LogP contribution in [0.15, 0.2) is 61.2 Å². The number of aromatic nitrogens is 1. The largest absolute Gasteiger partial charge is 0.361 e. The summed E-state index contributed by atoms with van der Waals surface area (Å²) in [7, 11) is 2.07. The van der Waals surface area contributed by atoms with E-state index in [1.54, 1.807) is 6.20 Å². The van der Waals surface area contributed by atoms with Crippen molar-refractivity contribution < 1.29 is 0 Å². The molecule has 2 aromatic rings. The van der Waals surface area contributed by atoms with Crippen molar-refractivity contribution in [2.75, 3.05) is 18.6 Å². The van der Waals surface area contributed by atoms with Gasteiger partial charge in [0, 0.05) is 37.5 Å². The van der Waals surface area contributed by atoms with Gasteiger partial charge in [0.2, 0.25) is 0 Å². The third kappa shape index (κ3) is 2.07. The molecule has 0 saturated carbocycles. The van der Waals surface area contributed by atoms with Gasteiger partial charge in [0.25, 0.3) is 0 Å². The third-order valence-corrected chi connectivity index (χ3v) is 3.07. The van der Waals surface area contributed by atoms with E-state index in [1.807, 2.05) is 12.3 Å². The number of hydrogen-bond acceptors (Lipinski definition) is 3. The van der Waals surface area contributed by atoms with Crippen LogP contribution in [-0.2, 0) is 0 Å². The Balaban J connectivity index is 1.84. The highest BCUT2D eigenvalue weighted by molar-refractivity contribution is 5.66. The molecule has 1 aliphatic rings. The molecule has 0 aliphatic carbocycles. The molecule has 0 N–H and O–H groups in total. The number of anilines is 1. The van der Waals surface area contributed by atoms with Crippen LogP contribution in [0.25, 0.3) is 11.1 Å². The number of benzene rings is 1. The molecule has 0 fully saturated rings. The predicted octanol–water partition coefficient (Wildman–Crippen LogP) is 2.93. The first-order chi connectivity index (χ1) is 8.83. The molecule has 0 unspecified atom stereocenters. The average molecular weight is 237 g/mol. The van der Waals surface area contributed by atoms with Crippen LogP contribution in [0.5, 0.6) is 0 Å². The van der Waals surface area contributed by atoms with Crippen LogP contribution in [0.4, 0.5) is 5.69 Å². The molecule has 3 heteroatoms. The maximum absolute atomic E-state index is 4.14. The van der Waals surface area contributed by atoms with E-state index in [0.29, 0.717) is 0 Å². The fraction of sp³-hybridized carbons (Fsp3) is 0.133. The van der Waals surface area contributed by atoms with E-state index >= 15 is 0 Å². The standard InChI is InChI=1S/C15H15N3/c1-17-9-10-18(12-17)15-6-4-13(5-7-15)14-3-2-8-16-11-14/h2-11H,12H2,1H3. The molecule has 1 aromatic carbocycles. The first-order valence-corrected chi connectivity index (χ1v) is 5.98. The van der Waals surface area contributed by atoms with E-state index in [9.17, 15) is 0 Å². The van der Waals surface area contributed by atoms with Crippen molar-refractivity contribution in [3.63, 3.8) is 0 Å². The second-order valence-electron chi connectivity index (χ2n) is 4.45. The highest BCUT2D eigenvalue weighted by Gasteiger charge is 2.10. The van der Waals surface area contributed by atoms with Crippen molar-refractivity contribution in [3.05, 3.63) is 61.2 Å². The van der Waals surface area contributed by atoms with E-state index in [1.165, 1.54) is 11.3 Å². The van der Waals surface area contributed by atoms with Crippen molar-refractivity contribution in [3.8, 4) is 11.1 Å². The lowest BCUT2D eigenvalue weighted by molar-refractivity contribution is 0.496. The Labute approximate surface area is 107 Å². The van der Waals surface area contributed by atoms with E-state index < -0.39 is 0 Å². The summed E-state index contributed by atoms with van der Waals surface area (Å²) in [5.41, 5.74) is 3.56. The van der Waals surface area contributed by atoms with Gasteiger partial charge < -0.3 is 9.80 Å². The van der Waals surface area contributed by atoms with Gasteiger partial charge in [0.1, 0.15) is 0 Å². The molecule has 18 heavy (non-hydrogen) atoms.